The molecule has 5 rings (SSSR count). The largest absolute Gasteiger partial charge is 0.388 e. The molecule has 8 heteroatoms. The molecule has 2 aromatic heterocycles. The highest BCUT2D eigenvalue weighted by Crippen LogP contribution is 2.28. The van der Waals surface area contributed by atoms with Crippen molar-refractivity contribution in [3.63, 3.8) is 0 Å². The lowest BCUT2D eigenvalue weighted by Gasteiger charge is -2.38. The van der Waals surface area contributed by atoms with Crippen LogP contribution >= 0.6 is 11.8 Å². The smallest absolute Gasteiger partial charge is 0.277 e. The Bertz CT molecular complexity index is 1320. The minimum atomic E-state index is -1.05. The third-order valence-electron chi connectivity index (χ3n) is 6.05. The summed E-state index contributed by atoms with van der Waals surface area (Å²) < 4.78 is 2.98. The summed E-state index contributed by atoms with van der Waals surface area (Å²) in [5, 5.41) is 15.3. The molecular formula is C25H24N4O3S. The third-order valence-corrected chi connectivity index (χ3v) is 7.07. The van der Waals surface area contributed by atoms with Gasteiger partial charge in [0.15, 0.2) is 0 Å². The predicted octanol–water partition coefficient (Wildman–Crippen LogP) is 3.31. The fraction of sp³-hybridized carbons (Fsp3) is 0.240. The summed E-state index contributed by atoms with van der Waals surface area (Å²) in [5.74, 6) is -0.0400. The van der Waals surface area contributed by atoms with Crippen LogP contribution in [0.1, 0.15) is 23.2 Å². The Balaban J connectivity index is 1.21. The number of hydrogen-bond donors (Lipinski definition) is 1. The molecule has 3 heterocycles. The summed E-state index contributed by atoms with van der Waals surface area (Å²) in [6.45, 7) is 1.03. The second-order valence-electron chi connectivity index (χ2n) is 8.36. The monoisotopic (exact) mass is 460 g/mol. The quantitative estimate of drug-likeness (QED) is 0.494. The molecule has 0 bridgehead atoms. The van der Waals surface area contributed by atoms with Crippen molar-refractivity contribution in [2.45, 2.75) is 34.8 Å². The highest BCUT2D eigenvalue weighted by Gasteiger charge is 2.35. The van der Waals surface area contributed by atoms with E-state index in [-0.39, 0.29) is 18.0 Å². The van der Waals surface area contributed by atoms with Gasteiger partial charge in [-0.1, -0.05) is 30.0 Å². The number of carbonyl (C=O) groups is 1. The average Bonchev–Trinajstić information content (AvgIpc) is 3.32. The topological polar surface area (TPSA) is 79.8 Å². The highest BCUT2D eigenvalue weighted by molar-refractivity contribution is 7.99. The number of fused-ring (bicyclic) bond motifs is 1. The number of rotatable bonds is 5. The first-order chi connectivity index (χ1) is 16.0. The molecule has 4 aromatic rings. The van der Waals surface area contributed by atoms with Gasteiger partial charge in [0.1, 0.15) is 11.8 Å². The van der Waals surface area contributed by atoms with E-state index < -0.39 is 5.60 Å². The summed E-state index contributed by atoms with van der Waals surface area (Å²) in [6, 6.07) is 21.2. The van der Waals surface area contributed by atoms with Gasteiger partial charge in [-0.05, 0) is 61.4 Å². The fourth-order valence-corrected chi connectivity index (χ4v) is 4.98. The number of piperidine rings is 1. The van der Waals surface area contributed by atoms with Crippen molar-refractivity contribution in [3.8, 4) is 0 Å². The first-order valence-corrected chi connectivity index (χ1v) is 11.7. The molecule has 0 aliphatic carbocycles. The molecule has 1 fully saturated rings. The Morgan fingerprint density at radius 1 is 0.970 bits per heavy atom. The van der Waals surface area contributed by atoms with Crippen molar-refractivity contribution in [3.05, 3.63) is 95.2 Å². The average molecular weight is 461 g/mol. The minimum absolute atomic E-state index is 0.0400. The molecule has 168 valence electrons. The maximum absolute atomic E-state index is 13.0. The number of aliphatic hydroxyl groups is 1. The third kappa shape index (κ3) is 4.58. The van der Waals surface area contributed by atoms with Crippen LogP contribution in [0.3, 0.4) is 0 Å². The van der Waals surface area contributed by atoms with Gasteiger partial charge in [0.2, 0.25) is 0 Å². The molecular weight excluding hydrogens is 436 g/mol. The van der Waals surface area contributed by atoms with Crippen molar-refractivity contribution >= 4 is 23.2 Å². The lowest BCUT2D eigenvalue weighted by atomic mass is 9.91. The van der Waals surface area contributed by atoms with Gasteiger partial charge in [-0.2, -0.15) is 5.10 Å². The van der Waals surface area contributed by atoms with Gasteiger partial charge in [-0.25, -0.2) is 4.52 Å². The first-order valence-electron chi connectivity index (χ1n) is 10.9. The Labute approximate surface area is 195 Å². The zero-order chi connectivity index (χ0) is 22.8. The summed E-state index contributed by atoms with van der Waals surface area (Å²) in [4.78, 5) is 29.6. The highest BCUT2D eigenvalue weighted by atomic mass is 32.2. The van der Waals surface area contributed by atoms with Crippen LogP contribution in [0.15, 0.2) is 93.8 Å². The second-order valence-corrected chi connectivity index (χ2v) is 9.50. The van der Waals surface area contributed by atoms with Crippen LogP contribution in [0.2, 0.25) is 0 Å². The minimum Gasteiger partial charge on any atom is -0.388 e. The SMILES string of the molecule is O=C(c1ccc(Sc2ccccc2)cc1)N1CCC(O)(Cn2cnn3cccc3c2=O)CC1. The second kappa shape index (κ2) is 8.88. The number of aromatic nitrogens is 3. The van der Waals surface area contributed by atoms with Gasteiger partial charge in [0.05, 0.1) is 12.1 Å². The molecule has 33 heavy (non-hydrogen) atoms. The summed E-state index contributed by atoms with van der Waals surface area (Å²) in [5.41, 5.74) is -0.126. The molecule has 0 unspecified atom stereocenters. The van der Waals surface area contributed by atoms with Crippen molar-refractivity contribution in [2.75, 3.05) is 13.1 Å². The van der Waals surface area contributed by atoms with E-state index in [4.69, 9.17) is 0 Å². The molecule has 0 radical (unpaired) electrons. The summed E-state index contributed by atoms with van der Waals surface area (Å²) >= 11 is 1.65. The van der Waals surface area contributed by atoms with Gasteiger partial charge in [0.25, 0.3) is 11.5 Å². The van der Waals surface area contributed by atoms with Crippen molar-refractivity contribution < 1.29 is 9.90 Å². The number of amides is 1. The standard InChI is InChI=1S/C25H24N4O3S/c30-23(19-8-10-21(11-9-19)33-20-5-2-1-3-6-20)27-15-12-25(32,13-16-27)17-28-18-26-29-14-4-7-22(29)24(28)31/h1-11,14,18,32H,12-13,15-17H2. The van der Waals surface area contributed by atoms with Crippen LogP contribution in [-0.2, 0) is 6.54 Å². The van der Waals surface area contributed by atoms with E-state index in [1.54, 1.807) is 35.0 Å². The Kier molecular flexibility index (Phi) is 5.78. The van der Waals surface area contributed by atoms with Crippen LogP contribution in [0.4, 0.5) is 0 Å². The maximum Gasteiger partial charge on any atom is 0.277 e. The van der Waals surface area contributed by atoms with Crippen LogP contribution in [0, 0.1) is 0 Å². The van der Waals surface area contributed by atoms with Gasteiger partial charge in [0, 0.05) is 34.6 Å². The van der Waals surface area contributed by atoms with Gasteiger partial charge >= 0.3 is 0 Å². The van der Waals surface area contributed by atoms with E-state index in [1.165, 1.54) is 15.4 Å². The van der Waals surface area contributed by atoms with Gasteiger partial charge < -0.3 is 10.0 Å². The molecule has 1 aliphatic rings. The lowest BCUT2D eigenvalue weighted by molar-refractivity contribution is -0.0300. The van der Waals surface area contributed by atoms with Crippen molar-refractivity contribution in [1.82, 2.24) is 19.1 Å². The Morgan fingerprint density at radius 2 is 1.67 bits per heavy atom. The number of hydrogen-bond acceptors (Lipinski definition) is 5. The maximum atomic E-state index is 13.0. The summed E-state index contributed by atoms with van der Waals surface area (Å²) in [6.07, 6.45) is 3.98. The van der Waals surface area contributed by atoms with E-state index >= 15 is 0 Å². The number of carbonyl (C=O) groups excluding carboxylic acids is 1. The molecule has 1 aliphatic heterocycles. The molecule has 0 atom stereocenters. The van der Waals surface area contributed by atoms with Crippen LogP contribution < -0.4 is 5.56 Å². The number of likely N-dealkylation sites (tertiary alicyclic amines) is 1. The zero-order valence-corrected chi connectivity index (χ0v) is 18.8. The first kappa shape index (κ1) is 21.5. The molecule has 1 N–H and O–H groups in total. The van der Waals surface area contributed by atoms with Crippen LogP contribution in [-0.4, -0.2) is 48.8 Å². The predicted molar refractivity (Wildman–Crippen MR) is 127 cm³/mol. The fourth-order valence-electron chi connectivity index (χ4n) is 4.15. The van der Waals surface area contributed by atoms with Crippen molar-refractivity contribution in [2.24, 2.45) is 0 Å². The number of nitrogens with zero attached hydrogens (tertiary/aromatic N) is 4. The normalized spacial score (nSPS) is 15.6. The van der Waals surface area contributed by atoms with Crippen LogP contribution in [0.5, 0.6) is 0 Å². The van der Waals surface area contributed by atoms with Crippen LogP contribution in [0.25, 0.3) is 5.52 Å². The Hall–Kier alpha value is -3.36. The van der Waals surface area contributed by atoms with Gasteiger partial charge in [-0.3, -0.25) is 14.2 Å². The Morgan fingerprint density at radius 3 is 2.39 bits per heavy atom. The zero-order valence-electron chi connectivity index (χ0n) is 18.0. The summed E-state index contributed by atoms with van der Waals surface area (Å²) in [7, 11) is 0. The molecule has 0 spiro atoms. The van der Waals surface area contributed by atoms with E-state index in [2.05, 4.69) is 17.2 Å². The lowest BCUT2D eigenvalue weighted by Crippen LogP contribution is -2.49. The molecule has 2 aromatic carbocycles. The molecule has 1 amide bonds. The molecule has 1 saturated heterocycles. The molecule has 7 nitrogen and oxygen atoms in total. The van der Waals surface area contributed by atoms with E-state index in [0.717, 1.165) is 9.79 Å². The van der Waals surface area contributed by atoms with E-state index in [9.17, 15) is 14.7 Å². The van der Waals surface area contributed by atoms with Gasteiger partial charge in [-0.15, -0.1) is 0 Å². The number of benzene rings is 2. The van der Waals surface area contributed by atoms with Crippen molar-refractivity contribution in [1.29, 1.82) is 0 Å². The van der Waals surface area contributed by atoms with E-state index in [0.29, 0.717) is 37.0 Å². The van der Waals surface area contributed by atoms with E-state index in [1.807, 2.05) is 42.5 Å². The molecule has 0 saturated carbocycles.